The minimum atomic E-state index is -4.23. The van der Waals surface area contributed by atoms with E-state index in [0.29, 0.717) is 18.7 Å². The standard InChI is InChI=1S/C23H23ClFN3O5S2/c1-32-22(29)23(8-9-23)27-10-4-6-15-5-2-3-7-18(15)33-19-12-17(25)20(11-16(19)24)35(30,31)28-21-13-34-14-26-21/h2-3,5,7,11-14,27-28H,4,6,8-10H2,1H3. The molecule has 0 bridgehead atoms. The molecule has 0 unspecified atom stereocenters. The number of aryl methyl sites for hydroxylation is 1. The van der Waals surface area contributed by atoms with Crippen LogP contribution in [0.4, 0.5) is 10.2 Å². The number of esters is 1. The Morgan fingerprint density at radius 3 is 2.71 bits per heavy atom. The van der Waals surface area contributed by atoms with Crippen LogP contribution in [0.1, 0.15) is 24.8 Å². The highest BCUT2D eigenvalue weighted by molar-refractivity contribution is 7.92. The lowest BCUT2D eigenvalue weighted by Crippen LogP contribution is -2.40. The summed E-state index contributed by atoms with van der Waals surface area (Å²) >= 11 is 7.47. The van der Waals surface area contributed by atoms with E-state index in [1.807, 2.05) is 12.1 Å². The van der Waals surface area contributed by atoms with Crippen molar-refractivity contribution in [3.8, 4) is 11.5 Å². The van der Waals surface area contributed by atoms with E-state index in [9.17, 15) is 17.6 Å². The molecule has 0 atom stereocenters. The number of thiazole rings is 1. The quantitative estimate of drug-likeness (QED) is 0.267. The van der Waals surface area contributed by atoms with Crippen molar-refractivity contribution in [2.45, 2.75) is 36.1 Å². The summed E-state index contributed by atoms with van der Waals surface area (Å²) in [4.78, 5) is 15.1. The first-order valence-electron chi connectivity index (χ1n) is 10.7. The van der Waals surface area contributed by atoms with E-state index in [1.165, 1.54) is 29.3 Å². The second-order valence-corrected chi connectivity index (χ2v) is 10.8. The maximum Gasteiger partial charge on any atom is 0.326 e. The summed E-state index contributed by atoms with van der Waals surface area (Å²) in [6.45, 7) is 0.608. The van der Waals surface area contributed by atoms with Crippen LogP contribution in [0.5, 0.6) is 11.5 Å². The third-order valence-corrected chi connectivity index (χ3v) is 7.80. The molecule has 1 aromatic heterocycles. The lowest BCUT2D eigenvalue weighted by Gasteiger charge is -2.16. The van der Waals surface area contributed by atoms with Crippen molar-refractivity contribution in [1.29, 1.82) is 0 Å². The van der Waals surface area contributed by atoms with E-state index >= 15 is 0 Å². The van der Waals surface area contributed by atoms with Crippen molar-refractivity contribution in [2.24, 2.45) is 0 Å². The van der Waals surface area contributed by atoms with Gasteiger partial charge in [0.2, 0.25) is 0 Å². The summed E-state index contributed by atoms with van der Waals surface area (Å²) in [5, 5.41) is 4.69. The Morgan fingerprint density at radius 2 is 2.03 bits per heavy atom. The van der Waals surface area contributed by atoms with Gasteiger partial charge in [0.25, 0.3) is 10.0 Å². The largest absolute Gasteiger partial charge is 0.468 e. The Kier molecular flexibility index (Phi) is 7.60. The van der Waals surface area contributed by atoms with Gasteiger partial charge in [-0.05, 0) is 49.9 Å². The number of aromatic nitrogens is 1. The van der Waals surface area contributed by atoms with Gasteiger partial charge in [0.15, 0.2) is 5.82 Å². The van der Waals surface area contributed by atoms with Crippen LogP contribution in [-0.2, 0) is 26.0 Å². The van der Waals surface area contributed by atoms with Crippen molar-refractivity contribution in [2.75, 3.05) is 18.4 Å². The summed E-state index contributed by atoms with van der Waals surface area (Å²) < 4.78 is 52.8. The molecule has 4 rings (SSSR count). The summed E-state index contributed by atoms with van der Waals surface area (Å²) in [6, 6.07) is 9.19. The molecule has 1 aliphatic rings. The van der Waals surface area contributed by atoms with Gasteiger partial charge in [0.05, 0.1) is 17.6 Å². The second-order valence-electron chi connectivity index (χ2n) is 8.01. The molecule has 2 aromatic carbocycles. The molecule has 2 N–H and O–H groups in total. The minimum Gasteiger partial charge on any atom is -0.468 e. The molecule has 8 nitrogen and oxygen atoms in total. The number of halogens is 2. The summed E-state index contributed by atoms with van der Waals surface area (Å²) in [7, 11) is -2.85. The van der Waals surface area contributed by atoms with Crippen LogP contribution in [0, 0.1) is 5.82 Å². The number of sulfonamides is 1. The van der Waals surface area contributed by atoms with Crippen LogP contribution in [0.2, 0.25) is 5.02 Å². The van der Waals surface area contributed by atoms with Gasteiger partial charge in [-0.3, -0.25) is 9.52 Å². The number of carbonyl (C=O) groups is 1. The van der Waals surface area contributed by atoms with E-state index in [4.69, 9.17) is 21.1 Å². The number of hydrogen-bond donors (Lipinski definition) is 2. The topological polar surface area (TPSA) is 107 Å². The number of ether oxygens (including phenoxy) is 2. The van der Waals surface area contributed by atoms with Gasteiger partial charge >= 0.3 is 5.97 Å². The zero-order valence-corrected chi connectivity index (χ0v) is 21.1. The number of carbonyl (C=O) groups excluding carboxylic acids is 1. The molecule has 1 fully saturated rings. The van der Waals surface area contributed by atoms with Gasteiger partial charge in [-0.15, -0.1) is 11.3 Å². The predicted octanol–water partition coefficient (Wildman–Crippen LogP) is 4.76. The first-order valence-corrected chi connectivity index (χ1v) is 13.5. The van der Waals surface area contributed by atoms with Crippen molar-refractivity contribution >= 4 is 44.7 Å². The zero-order valence-electron chi connectivity index (χ0n) is 18.7. The number of hydrogen-bond acceptors (Lipinski definition) is 8. The summed E-state index contributed by atoms with van der Waals surface area (Å²) in [5.74, 6) is -0.700. The first kappa shape index (κ1) is 25.4. The highest BCUT2D eigenvalue weighted by Gasteiger charge is 2.50. The fourth-order valence-electron chi connectivity index (χ4n) is 3.56. The normalized spacial score (nSPS) is 14.4. The molecule has 12 heteroatoms. The minimum absolute atomic E-state index is 0.00928. The molecule has 3 aromatic rings. The molecule has 35 heavy (non-hydrogen) atoms. The number of para-hydroxylation sites is 1. The number of benzene rings is 2. The van der Waals surface area contributed by atoms with Crippen LogP contribution in [0.3, 0.4) is 0 Å². The van der Waals surface area contributed by atoms with Gasteiger partial charge in [0, 0.05) is 11.4 Å². The van der Waals surface area contributed by atoms with Crippen molar-refractivity contribution in [3.05, 3.63) is 63.7 Å². The SMILES string of the molecule is COC(=O)C1(NCCCc2ccccc2Oc2cc(F)c(S(=O)(=O)Nc3cscn3)cc2Cl)CC1. The molecule has 0 aliphatic heterocycles. The van der Waals surface area contributed by atoms with Crippen LogP contribution in [-0.4, -0.2) is 38.6 Å². The molecule has 0 radical (unpaired) electrons. The number of methoxy groups -OCH3 is 1. The van der Waals surface area contributed by atoms with Gasteiger partial charge in [0.1, 0.15) is 27.8 Å². The third kappa shape index (κ3) is 5.92. The molecule has 1 heterocycles. The van der Waals surface area contributed by atoms with Gasteiger partial charge in [-0.25, -0.2) is 17.8 Å². The molecule has 1 saturated carbocycles. The Hall–Kier alpha value is -2.73. The smallest absolute Gasteiger partial charge is 0.326 e. The van der Waals surface area contributed by atoms with Crippen molar-refractivity contribution in [1.82, 2.24) is 10.3 Å². The van der Waals surface area contributed by atoms with E-state index in [1.54, 1.807) is 12.1 Å². The van der Waals surface area contributed by atoms with E-state index < -0.39 is 26.3 Å². The molecule has 0 spiro atoms. The molecule has 1 aliphatic carbocycles. The third-order valence-electron chi connectivity index (χ3n) is 5.55. The lowest BCUT2D eigenvalue weighted by atomic mass is 10.1. The second kappa shape index (κ2) is 10.5. The number of nitrogens with one attached hydrogen (secondary N) is 2. The molecule has 0 amide bonds. The van der Waals surface area contributed by atoms with E-state index in [0.717, 1.165) is 37.0 Å². The number of anilines is 1. The monoisotopic (exact) mass is 539 g/mol. The average Bonchev–Trinajstić information content (AvgIpc) is 3.46. The highest BCUT2D eigenvalue weighted by Crippen LogP contribution is 2.37. The van der Waals surface area contributed by atoms with Gasteiger partial charge < -0.3 is 14.8 Å². The lowest BCUT2D eigenvalue weighted by molar-refractivity contribution is -0.144. The highest BCUT2D eigenvalue weighted by atomic mass is 35.5. The van der Waals surface area contributed by atoms with Crippen molar-refractivity contribution in [3.63, 3.8) is 0 Å². The van der Waals surface area contributed by atoms with Gasteiger partial charge in [-0.1, -0.05) is 29.8 Å². The van der Waals surface area contributed by atoms with Gasteiger partial charge in [-0.2, -0.15) is 0 Å². The number of nitrogens with zero attached hydrogens (tertiary/aromatic N) is 1. The number of rotatable bonds is 11. The average molecular weight is 540 g/mol. The Morgan fingerprint density at radius 1 is 1.26 bits per heavy atom. The fraction of sp³-hybridized carbons (Fsp3) is 0.304. The summed E-state index contributed by atoms with van der Waals surface area (Å²) in [5.41, 5.74) is 1.75. The maximum atomic E-state index is 14.8. The molecular formula is C23H23ClFN3O5S2. The Bertz CT molecular complexity index is 1310. The Balaban J connectivity index is 1.44. The molecule has 186 valence electrons. The predicted molar refractivity (Wildman–Crippen MR) is 131 cm³/mol. The van der Waals surface area contributed by atoms with Crippen LogP contribution >= 0.6 is 22.9 Å². The summed E-state index contributed by atoms with van der Waals surface area (Å²) in [6.07, 6.45) is 2.87. The first-order chi connectivity index (χ1) is 16.7. The van der Waals surface area contributed by atoms with Crippen LogP contribution in [0.25, 0.3) is 0 Å². The zero-order chi connectivity index (χ0) is 25.1. The van der Waals surface area contributed by atoms with E-state index in [-0.39, 0.29) is 22.6 Å². The van der Waals surface area contributed by atoms with E-state index in [2.05, 4.69) is 15.0 Å². The molecular weight excluding hydrogens is 517 g/mol. The fourth-order valence-corrected chi connectivity index (χ4v) is 5.47. The van der Waals surface area contributed by atoms with Crippen molar-refractivity contribution < 1.29 is 27.1 Å². The Labute approximate surface area is 211 Å². The van der Waals surface area contributed by atoms with Crippen LogP contribution in [0.15, 0.2) is 52.2 Å². The molecule has 0 saturated heterocycles. The maximum absolute atomic E-state index is 14.8. The van der Waals surface area contributed by atoms with Crippen LogP contribution < -0.4 is 14.8 Å².